The van der Waals surface area contributed by atoms with Gasteiger partial charge in [-0.15, -0.1) is 11.3 Å². The summed E-state index contributed by atoms with van der Waals surface area (Å²) in [7, 11) is 3.17. The molecule has 160 valence electrons. The van der Waals surface area contributed by atoms with Crippen LogP contribution in [0.1, 0.15) is 36.0 Å². The predicted octanol–water partition coefficient (Wildman–Crippen LogP) is 6.20. The summed E-state index contributed by atoms with van der Waals surface area (Å²) in [6, 6.07) is 23.7. The number of carbonyl (C=O) groups excluding carboxylic acids is 2. The lowest BCUT2D eigenvalue weighted by Gasteiger charge is -2.05. The van der Waals surface area contributed by atoms with Gasteiger partial charge in [-0.2, -0.15) is 0 Å². The predicted molar refractivity (Wildman–Crippen MR) is 127 cm³/mol. The first-order chi connectivity index (χ1) is 15.5. The van der Waals surface area contributed by atoms with E-state index in [2.05, 4.69) is 0 Å². The average Bonchev–Trinajstić information content (AvgIpc) is 3.29. The van der Waals surface area contributed by atoms with Gasteiger partial charge in [0.05, 0.1) is 24.0 Å². The third-order valence-corrected chi connectivity index (χ3v) is 6.36. The molecule has 32 heavy (non-hydrogen) atoms. The molecule has 4 aromatic rings. The van der Waals surface area contributed by atoms with Crippen molar-refractivity contribution in [3.63, 3.8) is 0 Å². The molecule has 5 heteroatoms. The van der Waals surface area contributed by atoms with E-state index in [1.165, 1.54) is 11.3 Å². The van der Waals surface area contributed by atoms with Crippen LogP contribution in [-0.4, -0.2) is 25.8 Å². The fourth-order valence-corrected chi connectivity index (χ4v) is 4.48. The summed E-state index contributed by atoms with van der Waals surface area (Å²) in [4.78, 5) is 27.6. The highest BCUT2D eigenvalue weighted by molar-refractivity contribution is 7.17. The zero-order valence-electron chi connectivity index (χ0n) is 18.0. The lowest BCUT2D eigenvalue weighted by Crippen LogP contribution is -2.00. The normalized spacial score (nSPS) is 10.6. The van der Waals surface area contributed by atoms with Crippen LogP contribution in [-0.2, 0) is 0 Å². The van der Waals surface area contributed by atoms with E-state index in [9.17, 15) is 9.59 Å². The number of ether oxygens (including phenoxy) is 2. The van der Waals surface area contributed by atoms with Gasteiger partial charge in [0.15, 0.2) is 0 Å². The van der Waals surface area contributed by atoms with E-state index in [1.54, 1.807) is 62.8 Å². The molecule has 0 amide bonds. The number of carbonyl (C=O) groups is 2. The summed E-state index contributed by atoms with van der Waals surface area (Å²) < 4.78 is 10.4. The maximum Gasteiger partial charge on any atom is 0.203 e. The molecule has 0 aliphatic heterocycles. The molecule has 4 nitrogen and oxygen atoms in total. The lowest BCUT2D eigenvalue weighted by atomic mass is 9.99. The topological polar surface area (TPSA) is 52.6 Å². The number of hydrogen-bond donors (Lipinski definition) is 0. The summed E-state index contributed by atoms with van der Waals surface area (Å²) in [5.74, 6) is 1.12. The molecule has 0 fully saturated rings. The molecule has 0 aliphatic rings. The van der Waals surface area contributed by atoms with Gasteiger partial charge < -0.3 is 9.47 Å². The van der Waals surface area contributed by atoms with Crippen LogP contribution < -0.4 is 9.47 Å². The molecular weight excluding hydrogens is 420 g/mol. The molecule has 0 spiro atoms. The third-order valence-electron chi connectivity index (χ3n) is 5.23. The standard InChI is InChI=1S/C27H22O4S/c1-17-4-6-18(7-5-17)23-16-24(25(28)19-8-12-21(30-2)13-9-19)32-27(23)26(29)20-10-14-22(31-3)15-11-20/h4-16H,1-3H3. The van der Waals surface area contributed by atoms with Crippen LogP contribution in [0.3, 0.4) is 0 Å². The van der Waals surface area contributed by atoms with Gasteiger partial charge in [0, 0.05) is 16.7 Å². The van der Waals surface area contributed by atoms with Crippen molar-refractivity contribution in [3.05, 3.63) is 105 Å². The van der Waals surface area contributed by atoms with Crippen molar-refractivity contribution in [2.45, 2.75) is 6.92 Å². The van der Waals surface area contributed by atoms with Crippen LogP contribution in [0.5, 0.6) is 11.5 Å². The van der Waals surface area contributed by atoms with Crippen molar-refractivity contribution < 1.29 is 19.1 Å². The second-order valence-corrected chi connectivity index (χ2v) is 8.39. The highest BCUT2D eigenvalue weighted by atomic mass is 32.1. The minimum atomic E-state index is -0.125. The number of methoxy groups -OCH3 is 2. The molecule has 4 rings (SSSR count). The Labute approximate surface area is 191 Å². The van der Waals surface area contributed by atoms with Crippen LogP contribution in [0.15, 0.2) is 78.9 Å². The minimum absolute atomic E-state index is 0.123. The minimum Gasteiger partial charge on any atom is -0.497 e. The molecule has 0 saturated carbocycles. The maximum atomic E-state index is 13.4. The number of aryl methyl sites for hydroxylation is 1. The van der Waals surface area contributed by atoms with Gasteiger partial charge in [0.25, 0.3) is 0 Å². The Morgan fingerprint density at radius 1 is 0.688 bits per heavy atom. The van der Waals surface area contributed by atoms with Crippen molar-refractivity contribution in [1.29, 1.82) is 0 Å². The monoisotopic (exact) mass is 442 g/mol. The summed E-state index contributed by atoms with van der Waals surface area (Å²) in [6.45, 7) is 2.01. The molecule has 3 aromatic carbocycles. The lowest BCUT2D eigenvalue weighted by molar-refractivity contribution is 0.103. The summed E-state index contributed by atoms with van der Waals surface area (Å²) in [5, 5.41) is 0. The van der Waals surface area contributed by atoms with Crippen molar-refractivity contribution >= 4 is 22.9 Å². The number of rotatable bonds is 7. The van der Waals surface area contributed by atoms with E-state index in [1.807, 2.05) is 37.3 Å². The molecule has 1 heterocycles. The first kappa shape index (κ1) is 21.5. The molecule has 0 radical (unpaired) electrons. The van der Waals surface area contributed by atoms with E-state index in [0.29, 0.717) is 32.4 Å². The van der Waals surface area contributed by atoms with Gasteiger partial charge in [-0.05, 0) is 67.1 Å². The SMILES string of the molecule is COc1ccc(C(=O)c2cc(-c3ccc(C)cc3)c(C(=O)c3ccc(OC)cc3)s2)cc1. The van der Waals surface area contributed by atoms with Crippen molar-refractivity contribution in [1.82, 2.24) is 0 Å². The Hall–Kier alpha value is -3.70. The maximum absolute atomic E-state index is 13.4. The van der Waals surface area contributed by atoms with Crippen LogP contribution in [0.4, 0.5) is 0 Å². The number of thiophene rings is 1. The fourth-order valence-electron chi connectivity index (χ4n) is 3.38. The Morgan fingerprint density at radius 2 is 1.19 bits per heavy atom. The van der Waals surface area contributed by atoms with Crippen LogP contribution in [0.25, 0.3) is 11.1 Å². The molecule has 0 unspecified atom stereocenters. The summed E-state index contributed by atoms with van der Waals surface area (Å²) in [6.07, 6.45) is 0. The van der Waals surface area contributed by atoms with Gasteiger partial charge in [-0.3, -0.25) is 9.59 Å². The van der Waals surface area contributed by atoms with Crippen LogP contribution in [0, 0.1) is 6.92 Å². The quantitative estimate of drug-likeness (QED) is 0.320. The first-order valence-electron chi connectivity index (χ1n) is 10.1. The zero-order chi connectivity index (χ0) is 22.7. The number of benzene rings is 3. The molecule has 0 bridgehead atoms. The Balaban J connectivity index is 1.77. The van der Waals surface area contributed by atoms with Crippen molar-refractivity contribution in [2.24, 2.45) is 0 Å². The number of ketones is 2. The van der Waals surface area contributed by atoms with Crippen molar-refractivity contribution in [3.8, 4) is 22.6 Å². The largest absolute Gasteiger partial charge is 0.497 e. The molecular formula is C27H22O4S. The van der Waals surface area contributed by atoms with E-state index in [-0.39, 0.29) is 11.6 Å². The van der Waals surface area contributed by atoms with E-state index >= 15 is 0 Å². The average molecular weight is 443 g/mol. The molecule has 0 saturated heterocycles. The van der Waals surface area contributed by atoms with Crippen LogP contribution >= 0.6 is 11.3 Å². The molecule has 0 aliphatic carbocycles. The van der Waals surface area contributed by atoms with Crippen molar-refractivity contribution in [2.75, 3.05) is 14.2 Å². The molecule has 1 aromatic heterocycles. The van der Waals surface area contributed by atoms with E-state index in [4.69, 9.17) is 9.47 Å². The summed E-state index contributed by atoms with van der Waals surface area (Å²) in [5.41, 5.74) is 3.88. The van der Waals surface area contributed by atoms with E-state index in [0.717, 1.165) is 16.7 Å². The van der Waals surface area contributed by atoms with E-state index < -0.39 is 0 Å². The van der Waals surface area contributed by atoms with Gasteiger partial charge in [-0.25, -0.2) is 0 Å². The summed E-state index contributed by atoms with van der Waals surface area (Å²) >= 11 is 1.22. The van der Waals surface area contributed by atoms with Gasteiger partial charge >= 0.3 is 0 Å². The zero-order valence-corrected chi connectivity index (χ0v) is 18.9. The van der Waals surface area contributed by atoms with Gasteiger partial charge in [-0.1, -0.05) is 29.8 Å². The first-order valence-corrected chi connectivity index (χ1v) is 10.9. The second-order valence-electron chi connectivity index (χ2n) is 7.33. The molecule has 0 atom stereocenters. The second kappa shape index (κ2) is 9.20. The highest BCUT2D eigenvalue weighted by Crippen LogP contribution is 2.35. The Bertz CT molecular complexity index is 1250. The number of hydrogen-bond acceptors (Lipinski definition) is 5. The highest BCUT2D eigenvalue weighted by Gasteiger charge is 2.22. The van der Waals surface area contributed by atoms with Crippen LogP contribution in [0.2, 0.25) is 0 Å². The third kappa shape index (κ3) is 4.34. The Morgan fingerprint density at radius 3 is 1.69 bits per heavy atom. The smallest absolute Gasteiger partial charge is 0.203 e. The fraction of sp³-hybridized carbons (Fsp3) is 0.111. The van der Waals surface area contributed by atoms with Gasteiger partial charge in [0.1, 0.15) is 11.5 Å². The van der Waals surface area contributed by atoms with Gasteiger partial charge in [0.2, 0.25) is 11.6 Å². The Kier molecular flexibility index (Phi) is 6.19. The molecule has 0 N–H and O–H groups in total.